The van der Waals surface area contributed by atoms with Gasteiger partial charge in [0.15, 0.2) is 0 Å². The molecule has 0 spiro atoms. The summed E-state index contributed by atoms with van der Waals surface area (Å²) >= 11 is 0. The molecule has 0 fully saturated rings. The maximum absolute atomic E-state index is 11.0. The highest BCUT2D eigenvalue weighted by Gasteiger charge is 2.18. The van der Waals surface area contributed by atoms with Gasteiger partial charge in [0, 0.05) is 23.5 Å². The van der Waals surface area contributed by atoms with Gasteiger partial charge in [0.2, 0.25) is 0 Å². The smallest absolute Gasteiger partial charge is 0.321 e. The van der Waals surface area contributed by atoms with E-state index in [0.717, 1.165) is 22.2 Å². The molecule has 96 valence electrons. The molecule has 0 unspecified atom stereocenters. The number of aliphatic carboxylic acids is 1. The number of fused-ring (bicyclic) bond motifs is 1. The van der Waals surface area contributed by atoms with Gasteiger partial charge < -0.3 is 20.1 Å². The van der Waals surface area contributed by atoms with Crippen molar-refractivity contribution in [3.05, 3.63) is 30.0 Å². The topological polar surface area (TPSA) is 74.3 Å². The minimum Gasteiger partial charge on any atom is -0.496 e. The Morgan fingerprint density at radius 3 is 2.94 bits per heavy atom. The van der Waals surface area contributed by atoms with Crippen LogP contribution in [0.3, 0.4) is 0 Å². The van der Waals surface area contributed by atoms with Crippen molar-refractivity contribution < 1.29 is 14.6 Å². The number of hydrogen-bond donors (Lipinski definition) is 3. The van der Waals surface area contributed by atoms with E-state index in [4.69, 9.17) is 9.84 Å². The lowest BCUT2D eigenvalue weighted by molar-refractivity contribution is -0.139. The van der Waals surface area contributed by atoms with E-state index >= 15 is 0 Å². The molecule has 2 rings (SSSR count). The monoisotopic (exact) mass is 248 g/mol. The van der Waals surface area contributed by atoms with Crippen LogP contribution in [0.5, 0.6) is 5.75 Å². The van der Waals surface area contributed by atoms with Crippen LogP contribution in [0, 0.1) is 0 Å². The van der Waals surface area contributed by atoms with E-state index < -0.39 is 12.0 Å². The number of likely N-dealkylation sites (N-methyl/N-ethyl adjacent to an activating group) is 1. The van der Waals surface area contributed by atoms with Crippen molar-refractivity contribution in [1.29, 1.82) is 0 Å². The minimum absolute atomic E-state index is 0.409. The molecule has 18 heavy (non-hydrogen) atoms. The third-order valence-corrected chi connectivity index (χ3v) is 3.04. The molecular formula is C13H16N2O3. The summed E-state index contributed by atoms with van der Waals surface area (Å²) in [4.78, 5) is 14.2. The summed E-state index contributed by atoms with van der Waals surface area (Å²) in [6, 6.07) is 5.10. The van der Waals surface area contributed by atoms with Gasteiger partial charge in [-0.1, -0.05) is 6.07 Å². The number of H-pyrrole nitrogens is 1. The van der Waals surface area contributed by atoms with E-state index in [1.54, 1.807) is 14.2 Å². The summed E-state index contributed by atoms with van der Waals surface area (Å²) in [6.07, 6.45) is 2.24. The molecule has 0 aliphatic carbocycles. The van der Waals surface area contributed by atoms with Crippen LogP contribution in [0.4, 0.5) is 0 Å². The van der Waals surface area contributed by atoms with Crippen molar-refractivity contribution in [1.82, 2.24) is 10.3 Å². The first kappa shape index (κ1) is 12.4. The van der Waals surface area contributed by atoms with Crippen LogP contribution in [-0.2, 0) is 11.2 Å². The Balaban J connectivity index is 2.42. The largest absolute Gasteiger partial charge is 0.496 e. The molecule has 0 radical (unpaired) electrons. The second-order valence-corrected chi connectivity index (χ2v) is 4.08. The van der Waals surface area contributed by atoms with Gasteiger partial charge in [-0.3, -0.25) is 4.79 Å². The number of benzene rings is 1. The fraction of sp³-hybridized carbons (Fsp3) is 0.308. The third kappa shape index (κ3) is 2.17. The van der Waals surface area contributed by atoms with Crippen molar-refractivity contribution in [3.8, 4) is 5.75 Å². The molecule has 3 N–H and O–H groups in total. The standard InChI is InChI=1S/C13H16N2O3/c1-14-10(13(16)17)6-8-7-15-9-4-3-5-11(18-2)12(8)9/h3-5,7,10,14-15H,6H2,1-2H3,(H,16,17)/t10-/m0/s1. The zero-order valence-corrected chi connectivity index (χ0v) is 10.4. The highest BCUT2D eigenvalue weighted by atomic mass is 16.5. The first-order chi connectivity index (χ1) is 8.67. The normalized spacial score (nSPS) is 12.6. The van der Waals surface area contributed by atoms with Gasteiger partial charge in [-0.15, -0.1) is 0 Å². The van der Waals surface area contributed by atoms with Gasteiger partial charge in [-0.05, 0) is 24.7 Å². The SMILES string of the molecule is CN[C@@H](Cc1c[nH]c2cccc(OC)c12)C(=O)O. The third-order valence-electron chi connectivity index (χ3n) is 3.04. The van der Waals surface area contributed by atoms with Crippen LogP contribution in [-0.4, -0.2) is 36.3 Å². The first-order valence-electron chi connectivity index (χ1n) is 5.70. The number of carboxylic acid groups (broad SMARTS) is 1. The molecule has 0 saturated heterocycles. The molecule has 2 aromatic rings. The average Bonchev–Trinajstić information content (AvgIpc) is 2.78. The number of ether oxygens (including phenoxy) is 1. The van der Waals surface area contributed by atoms with Gasteiger partial charge in [0.05, 0.1) is 7.11 Å². The molecule has 1 aromatic carbocycles. The Bertz CT molecular complexity index is 562. The molecule has 5 heteroatoms. The van der Waals surface area contributed by atoms with Crippen LogP contribution in [0.2, 0.25) is 0 Å². The second kappa shape index (κ2) is 5.10. The number of hydrogen-bond acceptors (Lipinski definition) is 3. The van der Waals surface area contributed by atoms with Gasteiger partial charge in [0.1, 0.15) is 11.8 Å². The molecular weight excluding hydrogens is 232 g/mol. The van der Waals surface area contributed by atoms with E-state index in [1.165, 1.54) is 0 Å². The first-order valence-corrected chi connectivity index (χ1v) is 5.70. The predicted molar refractivity (Wildman–Crippen MR) is 69.0 cm³/mol. The summed E-state index contributed by atoms with van der Waals surface area (Å²) in [5.41, 5.74) is 1.88. The molecule has 0 aliphatic heterocycles. The number of rotatable bonds is 5. The maximum atomic E-state index is 11.0. The van der Waals surface area contributed by atoms with Crippen molar-refractivity contribution in [2.75, 3.05) is 14.2 Å². The number of carbonyl (C=O) groups is 1. The van der Waals surface area contributed by atoms with E-state index in [-0.39, 0.29) is 0 Å². The Morgan fingerprint density at radius 2 is 2.33 bits per heavy atom. The van der Waals surface area contributed by atoms with Crippen molar-refractivity contribution in [3.63, 3.8) is 0 Å². The lowest BCUT2D eigenvalue weighted by Gasteiger charge is -2.11. The van der Waals surface area contributed by atoms with Crippen molar-refractivity contribution >= 4 is 16.9 Å². The number of aromatic nitrogens is 1. The number of carboxylic acids is 1. The highest BCUT2D eigenvalue weighted by Crippen LogP contribution is 2.29. The maximum Gasteiger partial charge on any atom is 0.321 e. The lowest BCUT2D eigenvalue weighted by atomic mass is 10.0. The molecule has 0 amide bonds. The second-order valence-electron chi connectivity index (χ2n) is 4.08. The molecule has 0 aliphatic rings. The van der Waals surface area contributed by atoms with E-state index in [1.807, 2.05) is 24.4 Å². The molecule has 1 atom stereocenters. The summed E-state index contributed by atoms with van der Waals surface area (Å²) < 4.78 is 5.31. The van der Waals surface area contributed by atoms with Crippen LogP contribution in [0.15, 0.2) is 24.4 Å². The van der Waals surface area contributed by atoms with Crippen LogP contribution in [0.1, 0.15) is 5.56 Å². The fourth-order valence-electron chi connectivity index (χ4n) is 2.08. The molecule has 0 bridgehead atoms. The van der Waals surface area contributed by atoms with Crippen LogP contribution < -0.4 is 10.1 Å². The number of aromatic amines is 1. The zero-order valence-electron chi connectivity index (χ0n) is 10.4. The predicted octanol–water partition coefficient (Wildman–Crippen LogP) is 1.39. The zero-order chi connectivity index (χ0) is 13.1. The van der Waals surface area contributed by atoms with Crippen LogP contribution >= 0.6 is 0 Å². The number of methoxy groups -OCH3 is 1. The lowest BCUT2D eigenvalue weighted by Crippen LogP contribution is -2.35. The summed E-state index contributed by atoms with van der Waals surface area (Å²) in [5, 5.41) is 12.8. The summed E-state index contributed by atoms with van der Waals surface area (Å²) in [5.74, 6) is -0.106. The molecule has 0 saturated carbocycles. The fourth-order valence-corrected chi connectivity index (χ4v) is 2.08. The van der Waals surface area contributed by atoms with E-state index in [0.29, 0.717) is 6.42 Å². The highest BCUT2D eigenvalue weighted by molar-refractivity contribution is 5.90. The Kier molecular flexibility index (Phi) is 3.53. The Labute approximate surface area is 105 Å². The summed E-state index contributed by atoms with van der Waals surface area (Å²) in [7, 11) is 3.25. The van der Waals surface area contributed by atoms with Crippen molar-refractivity contribution in [2.24, 2.45) is 0 Å². The molecule has 1 aromatic heterocycles. The quantitative estimate of drug-likeness (QED) is 0.747. The number of nitrogens with one attached hydrogen (secondary N) is 2. The Morgan fingerprint density at radius 1 is 1.56 bits per heavy atom. The average molecular weight is 248 g/mol. The van der Waals surface area contributed by atoms with Gasteiger partial charge >= 0.3 is 5.97 Å². The van der Waals surface area contributed by atoms with Crippen LogP contribution in [0.25, 0.3) is 10.9 Å². The van der Waals surface area contributed by atoms with Crippen molar-refractivity contribution in [2.45, 2.75) is 12.5 Å². The van der Waals surface area contributed by atoms with Gasteiger partial charge in [-0.25, -0.2) is 0 Å². The molecule has 5 nitrogen and oxygen atoms in total. The Hall–Kier alpha value is -2.01. The minimum atomic E-state index is -0.859. The summed E-state index contributed by atoms with van der Waals surface area (Å²) in [6.45, 7) is 0. The van der Waals surface area contributed by atoms with E-state index in [2.05, 4.69) is 10.3 Å². The van der Waals surface area contributed by atoms with E-state index in [9.17, 15) is 4.79 Å². The van der Waals surface area contributed by atoms with Gasteiger partial charge in [0.25, 0.3) is 0 Å². The van der Waals surface area contributed by atoms with Gasteiger partial charge in [-0.2, -0.15) is 0 Å². The molecule has 1 heterocycles.